The summed E-state index contributed by atoms with van der Waals surface area (Å²) in [6.07, 6.45) is 0.951. The Hall–Kier alpha value is -2.07. The summed E-state index contributed by atoms with van der Waals surface area (Å²) in [6.45, 7) is 2.98. The van der Waals surface area contributed by atoms with Gasteiger partial charge in [0, 0.05) is 23.2 Å². The Labute approximate surface area is 172 Å². The highest BCUT2D eigenvalue weighted by molar-refractivity contribution is 7.20. The van der Waals surface area contributed by atoms with Crippen molar-refractivity contribution in [3.63, 3.8) is 0 Å². The lowest BCUT2D eigenvalue weighted by Crippen LogP contribution is -2.02. The van der Waals surface area contributed by atoms with Crippen molar-refractivity contribution in [2.75, 3.05) is 0 Å². The molecule has 0 saturated heterocycles. The van der Waals surface area contributed by atoms with Crippen molar-refractivity contribution < 1.29 is 4.79 Å². The Morgan fingerprint density at radius 2 is 1.81 bits per heavy atom. The standard InChI is InChI=1S/C22H17Cl2NOS/c1-14-12-16-13-19(21(26)17-8-5-9-18(23)20(17)24)27-22(16)25(14)11-10-15-6-3-2-4-7-15/h2-9,12-13H,10-11H2,1H3. The summed E-state index contributed by atoms with van der Waals surface area (Å²) in [4.78, 5) is 14.7. The number of benzene rings is 2. The number of thiophene rings is 1. The molecule has 0 saturated carbocycles. The number of rotatable bonds is 5. The summed E-state index contributed by atoms with van der Waals surface area (Å²) >= 11 is 13.8. The van der Waals surface area contributed by atoms with Crippen LogP contribution in [0.15, 0.2) is 60.7 Å². The molecule has 0 bridgehead atoms. The molecule has 2 aromatic heterocycles. The van der Waals surface area contributed by atoms with Crippen LogP contribution in [0.2, 0.25) is 10.0 Å². The zero-order valence-electron chi connectivity index (χ0n) is 14.7. The molecule has 4 aromatic rings. The summed E-state index contributed by atoms with van der Waals surface area (Å²) in [7, 11) is 0. The quantitative estimate of drug-likeness (QED) is 0.330. The molecular weight excluding hydrogens is 397 g/mol. The van der Waals surface area contributed by atoms with E-state index in [-0.39, 0.29) is 5.78 Å². The molecule has 0 N–H and O–H groups in total. The van der Waals surface area contributed by atoms with E-state index >= 15 is 0 Å². The van der Waals surface area contributed by atoms with E-state index in [1.165, 1.54) is 22.6 Å². The molecule has 136 valence electrons. The van der Waals surface area contributed by atoms with Gasteiger partial charge in [0.05, 0.1) is 14.9 Å². The van der Waals surface area contributed by atoms with Crippen molar-refractivity contribution in [1.29, 1.82) is 0 Å². The number of fused-ring (bicyclic) bond motifs is 1. The molecule has 0 amide bonds. The Morgan fingerprint density at radius 1 is 1.04 bits per heavy atom. The zero-order valence-corrected chi connectivity index (χ0v) is 17.0. The zero-order chi connectivity index (χ0) is 19.0. The van der Waals surface area contributed by atoms with Crippen LogP contribution in [0.4, 0.5) is 0 Å². The third-order valence-corrected chi connectivity index (χ3v) is 6.65. The van der Waals surface area contributed by atoms with Crippen molar-refractivity contribution >= 4 is 50.5 Å². The maximum atomic E-state index is 12.9. The molecule has 5 heteroatoms. The number of carbonyl (C=O) groups excluding carboxylic acids is 1. The van der Waals surface area contributed by atoms with E-state index < -0.39 is 0 Å². The van der Waals surface area contributed by atoms with Gasteiger partial charge in [0.1, 0.15) is 4.83 Å². The van der Waals surface area contributed by atoms with Crippen LogP contribution in [-0.2, 0) is 13.0 Å². The Bertz CT molecular complexity index is 1130. The van der Waals surface area contributed by atoms with Gasteiger partial charge in [0.15, 0.2) is 0 Å². The average Bonchev–Trinajstić information content (AvgIpc) is 3.20. The van der Waals surface area contributed by atoms with Gasteiger partial charge in [-0.2, -0.15) is 0 Å². The molecule has 0 spiro atoms. The van der Waals surface area contributed by atoms with Gasteiger partial charge in [0.2, 0.25) is 5.78 Å². The molecule has 2 aromatic carbocycles. The van der Waals surface area contributed by atoms with E-state index in [1.54, 1.807) is 18.2 Å². The summed E-state index contributed by atoms with van der Waals surface area (Å²) < 4.78 is 2.28. The maximum Gasteiger partial charge on any atom is 0.204 e. The van der Waals surface area contributed by atoms with Gasteiger partial charge in [-0.05, 0) is 43.2 Å². The smallest absolute Gasteiger partial charge is 0.204 e. The van der Waals surface area contributed by atoms with Gasteiger partial charge in [0.25, 0.3) is 0 Å². The second-order valence-corrected chi connectivity index (χ2v) is 8.29. The van der Waals surface area contributed by atoms with Gasteiger partial charge in [-0.25, -0.2) is 0 Å². The summed E-state index contributed by atoms with van der Waals surface area (Å²) in [5.74, 6) is -0.0871. The van der Waals surface area contributed by atoms with E-state index in [0.717, 1.165) is 23.2 Å². The topological polar surface area (TPSA) is 22.0 Å². The van der Waals surface area contributed by atoms with Gasteiger partial charge in [-0.3, -0.25) is 4.79 Å². The van der Waals surface area contributed by atoms with Crippen molar-refractivity contribution in [3.05, 3.63) is 92.4 Å². The number of ketones is 1. The average molecular weight is 414 g/mol. The fourth-order valence-electron chi connectivity index (χ4n) is 3.26. The fourth-order valence-corrected chi connectivity index (χ4v) is 4.82. The maximum absolute atomic E-state index is 12.9. The van der Waals surface area contributed by atoms with E-state index in [2.05, 4.69) is 41.8 Å². The lowest BCUT2D eigenvalue weighted by Gasteiger charge is -2.07. The highest BCUT2D eigenvalue weighted by Gasteiger charge is 2.19. The van der Waals surface area contributed by atoms with Crippen LogP contribution in [0.3, 0.4) is 0 Å². The number of halogens is 2. The van der Waals surface area contributed by atoms with Crippen LogP contribution in [0, 0.1) is 6.92 Å². The third kappa shape index (κ3) is 3.55. The Balaban J connectivity index is 1.66. The van der Waals surface area contributed by atoms with Crippen molar-refractivity contribution in [1.82, 2.24) is 4.57 Å². The van der Waals surface area contributed by atoms with Crippen LogP contribution in [0.5, 0.6) is 0 Å². The molecule has 0 aliphatic rings. The third-order valence-electron chi connectivity index (χ3n) is 4.66. The predicted octanol–water partition coefficient (Wildman–Crippen LogP) is 6.79. The molecular formula is C22H17Cl2NOS. The van der Waals surface area contributed by atoms with Crippen LogP contribution < -0.4 is 0 Å². The molecule has 0 unspecified atom stereocenters. The van der Waals surface area contributed by atoms with Crippen LogP contribution in [-0.4, -0.2) is 10.4 Å². The molecule has 0 aliphatic heterocycles. The second-order valence-electron chi connectivity index (χ2n) is 6.47. The highest BCUT2D eigenvalue weighted by Crippen LogP contribution is 2.33. The molecule has 27 heavy (non-hydrogen) atoms. The summed E-state index contributed by atoms with van der Waals surface area (Å²) in [5, 5.41) is 1.80. The van der Waals surface area contributed by atoms with Crippen LogP contribution >= 0.6 is 34.5 Å². The van der Waals surface area contributed by atoms with Crippen LogP contribution in [0.25, 0.3) is 10.2 Å². The number of hydrogen-bond donors (Lipinski definition) is 0. The van der Waals surface area contributed by atoms with Crippen molar-refractivity contribution in [2.45, 2.75) is 19.9 Å². The molecule has 2 heterocycles. The number of carbonyl (C=O) groups is 1. The monoisotopic (exact) mass is 413 g/mol. The minimum atomic E-state index is -0.0871. The largest absolute Gasteiger partial charge is 0.336 e. The minimum absolute atomic E-state index is 0.0871. The lowest BCUT2D eigenvalue weighted by atomic mass is 10.1. The number of hydrogen-bond acceptors (Lipinski definition) is 2. The van der Waals surface area contributed by atoms with Gasteiger partial charge in [-0.1, -0.05) is 59.6 Å². The van der Waals surface area contributed by atoms with Gasteiger partial charge >= 0.3 is 0 Å². The Kier molecular flexibility index (Phi) is 5.09. The summed E-state index contributed by atoms with van der Waals surface area (Å²) in [5.41, 5.74) is 2.95. The first-order valence-corrected chi connectivity index (χ1v) is 10.2. The molecule has 4 rings (SSSR count). The van der Waals surface area contributed by atoms with Crippen molar-refractivity contribution in [3.8, 4) is 0 Å². The first kappa shape index (κ1) is 18.3. The SMILES string of the molecule is Cc1cc2cc(C(=O)c3cccc(Cl)c3Cl)sc2n1CCc1ccccc1. The molecule has 0 fully saturated rings. The normalized spacial score (nSPS) is 11.2. The molecule has 0 aliphatic carbocycles. The number of aryl methyl sites for hydroxylation is 3. The molecule has 0 radical (unpaired) electrons. The number of nitrogens with zero attached hydrogens (tertiary/aromatic N) is 1. The lowest BCUT2D eigenvalue weighted by molar-refractivity contribution is 0.104. The second kappa shape index (κ2) is 7.51. The van der Waals surface area contributed by atoms with Crippen LogP contribution in [0.1, 0.15) is 26.5 Å². The first-order valence-electron chi connectivity index (χ1n) is 8.67. The Morgan fingerprint density at radius 3 is 2.59 bits per heavy atom. The molecule has 2 nitrogen and oxygen atoms in total. The van der Waals surface area contributed by atoms with Crippen molar-refractivity contribution in [2.24, 2.45) is 0 Å². The van der Waals surface area contributed by atoms with Gasteiger partial charge < -0.3 is 4.57 Å². The van der Waals surface area contributed by atoms with E-state index in [9.17, 15) is 4.79 Å². The predicted molar refractivity (Wildman–Crippen MR) is 115 cm³/mol. The van der Waals surface area contributed by atoms with E-state index in [0.29, 0.717) is 20.5 Å². The van der Waals surface area contributed by atoms with E-state index in [4.69, 9.17) is 23.2 Å². The van der Waals surface area contributed by atoms with E-state index in [1.807, 2.05) is 12.1 Å². The van der Waals surface area contributed by atoms with Gasteiger partial charge in [-0.15, -0.1) is 11.3 Å². The summed E-state index contributed by atoms with van der Waals surface area (Å²) in [6, 6.07) is 19.7. The minimum Gasteiger partial charge on any atom is -0.336 e. The molecule has 0 atom stereocenters. The highest BCUT2D eigenvalue weighted by atomic mass is 35.5. The fraction of sp³-hybridized carbons (Fsp3) is 0.136. The first-order chi connectivity index (χ1) is 13.0. The number of aromatic nitrogens is 1.